The van der Waals surface area contributed by atoms with Crippen LogP contribution in [0.3, 0.4) is 0 Å². The van der Waals surface area contributed by atoms with E-state index in [2.05, 4.69) is 17.1 Å². The summed E-state index contributed by atoms with van der Waals surface area (Å²) in [6.45, 7) is 5.73. The lowest BCUT2D eigenvalue weighted by atomic mass is 9.83. The van der Waals surface area contributed by atoms with E-state index in [4.69, 9.17) is 4.74 Å². The van der Waals surface area contributed by atoms with Gasteiger partial charge in [-0.25, -0.2) is 0 Å². The molecule has 6 heteroatoms. The molecule has 1 N–H and O–H groups in total. The molecule has 24 heavy (non-hydrogen) atoms. The molecule has 0 aromatic heterocycles. The van der Waals surface area contributed by atoms with Crippen molar-refractivity contribution in [3.63, 3.8) is 0 Å². The largest absolute Gasteiger partial charge is 0.497 e. The molecule has 0 bridgehead atoms. The van der Waals surface area contributed by atoms with Gasteiger partial charge in [0.25, 0.3) is 5.91 Å². The van der Waals surface area contributed by atoms with Gasteiger partial charge in [0, 0.05) is 31.7 Å². The molecule has 1 spiro atoms. The molecular weight excluding hydrogens is 306 g/mol. The SMILES string of the molecule is CCN1CCNC(=O)C12CCN(C(=O)c1cccc(OC)c1)CC2. The zero-order valence-corrected chi connectivity index (χ0v) is 14.4. The Morgan fingerprint density at radius 3 is 2.71 bits per heavy atom. The topological polar surface area (TPSA) is 61.9 Å². The molecule has 1 aromatic rings. The van der Waals surface area contributed by atoms with E-state index in [0.717, 1.165) is 13.1 Å². The van der Waals surface area contributed by atoms with Crippen LogP contribution in [0.5, 0.6) is 5.75 Å². The Kier molecular flexibility index (Phi) is 4.76. The number of piperazine rings is 1. The van der Waals surface area contributed by atoms with Gasteiger partial charge in [-0.05, 0) is 37.6 Å². The van der Waals surface area contributed by atoms with Crippen LogP contribution in [0, 0.1) is 0 Å². The highest BCUT2D eigenvalue weighted by Gasteiger charge is 2.47. The molecule has 2 heterocycles. The first kappa shape index (κ1) is 16.8. The van der Waals surface area contributed by atoms with Gasteiger partial charge in [-0.1, -0.05) is 13.0 Å². The third-order valence-corrected chi connectivity index (χ3v) is 5.27. The van der Waals surface area contributed by atoms with Gasteiger partial charge in [-0.2, -0.15) is 0 Å². The van der Waals surface area contributed by atoms with Crippen LogP contribution in [-0.4, -0.2) is 67.0 Å². The highest BCUT2D eigenvalue weighted by Crippen LogP contribution is 2.31. The summed E-state index contributed by atoms with van der Waals surface area (Å²) in [7, 11) is 1.59. The molecule has 6 nitrogen and oxygen atoms in total. The molecule has 0 unspecified atom stereocenters. The maximum atomic E-state index is 12.7. The first-order valence-corrected chi connectivity index (χ1v) is 8.57. The van der Waals surface area contributed by atoms with E-state index in [1.54, 1.807) is 19.2 Å². The number of likely N-dealkylation sites (N-methyl/N-ethyl adjacent to an activating group) is 1. The standard InChI is InChI=1S/C18H25N3O3/c1-3-21-12-9-19-17(23)18(21)7-10-20(11-8-18)16(22)14-5-4-6-15(13-14)24-2/h4-6,13H,3,7-12H2,1-2H3,(H,19,23). The van der Waals surface area contributed by atoms with Gasteiger partial charge in [0.05, 0.1) is 7.11 Å². The molecule has 2 aliphatic heterocycles. The number of ether oxygens (including phenoxy) is 1. The number of carbonyl (C=O) groups is 2. The summed E-state index contributed by atoms with van der Waals surface area (Å²) in [5.74, 6) is 0.797. The van der Waals surface area contributed by atoms with Crippen molar-refractivity contribution >= 4 is 11.8 Å². The lowest BCUT2D eigenvalue weighted by Gasteiger charge is -2.49. The summed E-state index contributed by atoms with van der Waals surface area (Å²) in [6.07, 6.45) is 1.37. The Labute approximate surface area is 142 Å². The monoisotopic (exact) mass is 331 g/mol. The molecule has 2 fully saturated rings. The quantitative estimate of drug-likeness (QED) is 0.902. The maximum Gasteiger partial charge on any atom is 0.253 e. The lowest BCUT2D eigenvalue weighted by Crippen LogP contribution is -2.68. The van der Waals surface area contributed by atoms with Crippen LogP contribution in [0.4, 0.5) is 0 Å². The van der Waals surface area contributed by atoms with Crippen molar-refractivity contribution in [2.75, 3.05) is 39.8 Å². The van der Waals surface area contributed by atoms with Crippen LogP contribution in [0.25, 0.3) is 0 Å². The Hall–Kier alpha value is -2.08. The zero-order chi connectivity index (χ0) is 17.2. The lowest BCUT2D eigenvalue weighted by molar-refractivity contribution is -0.140. The molecule has 2 amide bonds. The second-order valence-corrected chi connectivity index (χ2v) is 6.39. The van der Waals surface area contributed by atoms with E-state index in [1.165, 1.54) is 0 Å². The Balaban J connectivity index is 1.72. The second-order valence-electron chi connectivity index (χ2n) is 6.39. The first-order chi connectivity index (χ1) is 11.6. The van der Waals surface area contributed by atoms with Crippen molar-refractivity contribution in [3.05, 3.63) is 29.8 Å². The fraction of sp³-hybridized carbons (Fsp3) is 0.556. The number of carbonyl (C=O) groups excluding carboxylic acids is 2. The van der Waals surface area contributed by atoms with Gasteiger partial charge < -0.3 is 15.0 Å². The number of nitrogens with one attached hydrogen (secondary N) is 1. The Morgan fingerprint density at radius 1 is 1.29 bits per heavy atom. The summed E-state index contributed by atoms with van der Waals surface area (Å²) in [4.78, 5) is 29.3. The van der Waals surface area contributed by atoms with Gasteiger partial charge in [-0.15, -0.1) is 0 Å². The maximum absolute atomic E-state index is 12.7. The smallest absolute Gasteiger partial charge is 0.253 e. The molecule has 0 atom stereocenters. The number of hydrogen-bond acceptors (Lipinski definition) is 4. The predicted molar refractivity (Wildman–Crippen MR) is 91.1 cm³/mol. The Bertz CT molecular complexity index is 624. The predicted octanol–water partition coefficient (Wildman–Crippen LogP) is 1.12. The number of likely N-dealkylation sites (tertiary alicyclic amines) is 1. The van der Waals surface area contributed by atoms with Crippen molar-refractivity contribution in [3.8, 4) is 5.75 Å². The normalized spacial score (nSPS) is 20.8. The van der Waals surface area contributed by atoms with E-state index >= 15 is 0 Å². The van der Waals surface area contributed by atoms with Crippen LogP contribution in [0.2, 0.25) is 0 Å². The molecule has 0 radical (unpaired) electrons. The number of methoxy groups -OCH3 is 1. The number of nitrogens with zero attached hydrogens (tertiary/aromatic N) is 2. The highest BCUT2D eigenvalue weighted by atomic mass is 16.5. The fourth-order valence-electron chi connectivity index (χ4n) is 3.85. The molecule has 2 aliphatic rings. The van der Waals surface area contributed by atoms with E-state index in [-0.39, 0.29) is 11.8 Å². The molecule has 0 aliphatic carbocycles. The van der Waals surface area contributed by atoms with E-state index in [1.807, 2.05) is 17.0 Å². The third kappa shape index (κ3) is 2.86. The number of piperidine rings is 1. The van der Waals surface area contributed by atoms with Crippen molar-refractivity contribution in [1.29, 1.82) is 0 Å². The second kappa shape index (κ2) is 6.81. The fourth-order valence-corrected chi connectivity index (χ4v) is 3.85. The third-order valence-electron chi connectivity index (χ3n) is 5.27. The Morgan fingerprint density at radius 2 is 2.04 bits per heavy atom. The minimum absolute atomic E-state index is 0.00279. The van der Waals surface area contributed by atoms with Crippen molar-refractivity contribution in [2.45, 2.75) is 25.3 Å². The average molecular weight is 331 g/mol. The van der Waals surface area contributed by atoms with E-state index in [0.29, 0.717) is 43.8 Å². The molecule has 2 saturated heterocycles. The molecule has 3 rings (SSSR count). The molecular formula is C18H25N3O3. The highest BCUT2D eigenvalue weighted by molar-refractivity contribution is 5.95. The van der Waals surface area contributed by atoms with E-state index in [9.17, 15) is 9.59 Å². The number of hydrogen-bond donors (Lipinski definition) is 1. The minimum Gasteiger partial charge on any atom is -0.497 e. The van der Waals surface area contributed by atoms with Gasteiger partial charge in [0.1, 0.15) is 11.3 Å². The molecule has 130 valence electrons. The molecule has 1 aromatic carbocycles. The van der Waals surface area contributed by atoms with E-state index < -0.39 is 5.54 Å². The van der Waals surface area contributed by atoms with Gasteiger partial charge >= 0.3 is 0 Å². The van der Waals surface area contributed by atoms with Crippen LogP contribution in [0.15, 0.2) is 24.3 Å². The van der Waals surface area contributed by atoms with Crippen LogP contribution >= 0.6 is 0 Å². The number of rotatable bonds is 3. The van der Waals surface area contributed by atoms with Crippen molar-refractivity contribution in [2.24, 2.45) is 0 Å². The van der Waals surface area contributed by atoms with Gasteiger partial charge in [-0.3, -0.25) is 14.5 Å². The van der Waals surface area contributed by atoms with Crippen LogP contribution in [-0.2, 0) is 4.79 Å². The van der Waals surface area contributed by atoms with Crippen molar-refractivity contribution in [1.82, 2.24) is 15.1 Å². The summed E-state index contributed by atoms with van der Waals surface area (Å²) < 4.78 is 5.19. The van der Waals surface area contributed by atoms with Crippen LogP contribution in [0.1, 0.15) is 30.1 Å². The minimum atomic E-state index is -0.446. The number of amides is 2. The van der Waals surface area contributed by atoms with Gasteiger partial charge in [0.2, 0.25) is 5.91 Å². The van der Waals surface area contributed by atoms with Crippen molar-refractivity contribution < 1.29 is 14.3 Å². The van der Waals surface area contributed by atoms with Crippen LogP contribution < -0.4 is 10.1 Å². The summed E-state index contributed by atoms with van der Waals surface area (Å²) >= 11 is 0. The summed E-state index contributed by atoms with van der Waals surface area (Å²) in [5.41, 5.74) is 0.184. The summed E-state index contributed by atoms with van der Waals surface area (Å²) in [6, 6.07) is 7.22. The average Bonchev–Trinajstić information content (AvgIpc) is 2.64. The first-order valence-electron chi connectivity index (χ1n) is 8.57. The summed E-state index contributed by atoms with van der Waals surface area (Å²) in [5, 5.41) is 3.00. The van der Waals surface area contributed by atoms with Gasteiger partial charge in [0.15, 0.2) is 0 Å². The zero-order valence-electron chi connectivity index (χ0n) is 14.4. The number of benzene rings is 1. The molecule has 0 saturated carbocycles.